The average Bonchev–Trinajstić information content (AvgIpc) is 3.00. The Morgan fingerprint density at radius 1 is 1.35 bits per heavy atom. The minimum atomic E-state index is -0.146. The zero-order valence-corrected chi connectivity index (χ0v) is 12.7. The SMILES string of the molecule is C[C@H](Nc1nnc(C(C)(C)C)o1)c1cn2ccsc2n1. The van der Waals surface area contributed by atoms with Crippen molar-refractivity contribution in [2.45, 2.75) is 39.2 Å². The molecule has 0 amide bonds. The van der Waals surface area contributed by atoms with Crippen molar-refractivity contribution in [1.29, 1.82) is 0 Å². The molecule has 0 saturated heterocycles. The molecule has 7 heteroatoms. The molecule has 3 heterocycles. The highest BCUT2D eigenvalue weighted by molar-refractivity contribution is 7.15. The van der Waals surface area contributed by atoms with Crippen LogP contribution in [0.3, 0.4) is 0 Å². The predicted octanol–water partition coefficient (Wildman–Crippen LogP) is 3.25. The molecule has 0 spiro atoms. The van der Waals surface area contributed by atoms with Gasteiger partial charge in [-0.1, -0.05) is 25.9 Å². The van der Waals surface area contributed by atoms with Crippen LogP contribution < -0.4 is 5.32 Å². The molecule has 106 valence electrons. The molecule has 0 aromatic carbocycles. The van der Waals surface area contributed by atoms with Crippen LogP contribution in [0.4, 0.5) is 6.01 Å². The first-order valence-electron chi connectivity index (χ1n) is 6.46. The van der Waals surface area contributed by atoms with Crippen molar-refractivity contribution < 1.29 is 4.42 Å². The summed E-state index contributed by atoms with van der Waals surface area (Å²) >= 11 is 1.61. The van der Waals surface area contributed by atoms with E-state index in [2.05, 4.69) is 20.5 Å². The number of thiazole rings is 1. The molecule has 6 nitrogen and oxygen atoms in total. The molecule has 3 aromatic rings. The van der Waals surface area contributed by atoms with Crippen LogP contribution in [0.2, 0.25) is 0 Å². The lowest BCUT2D eigenvalue weighted by atomic mass is 9.97. The zero-order chi connectivity index (χ0) is 14.3. The molecule has 1 N–H and O–H groups in total. The van der Waals surface area contributed by atoms with E-state index in [1.165, 1.54) is 0 Å². The number of hydrogen-bond acceptors (Lipinski definition) is 6. The fourth-order valence-electron chi connectivity index (χ4n) is 1.80. The van der Waals surface area contributed by atoms with Crippen LogP contribution in [0.15, 0.2) is 22.2 Å². The summed E-state index contributed by atoms with van der Waals surface area (Å²) < 4.78 is 7.64. The van der Waals surface area contributed by atoms with Crippen molar-refractivity contribution in [1.82, 2.24) is 19.6 Å². The van der Waals surface area contributed by atoms with Gasteiger partial charge < -0.3 is 9.73 Å². The molecule has 0 unspecified atom stereocenters. The van der Waals surface area contributed by atoms with Crippen LogP contribution >= 0.6 is 11.3 Å². The molecule has 20 heavy (non-hydrogen) atoms. The maximum absolute atomic E-state index is 5.63. The van der Waals surface area contributed by atoms with Crippen LogP contribution in [0.5, 0.6) is 0 Å². The van der Waals surface area contributed by atoms with Crippen molar-refractivity contribution in [3.8, 4) is 0 Å². The van der Waals surface area contributed by atoms with E-state index in [9.17, 15) is 0 Å². The van der Waals surface area contributed by atoms with Crippen LogP contribution in [0, 0.1) is 0 Å². The second kappa shape index (κ2) is 4.59. The number of imidazole rings is 1. The summed E-state index contributed by atoms with van der Waals surface area (Å²) in [5.41, 5.74) is 0.806. The largest absolute Gasteiger partial charge is 0.408 e. The molecule has 0 radical (unpaired) electrons. The maximum Gasteiger partial charge on any atom is 0.316 e. The van der Waals surface area contributed by atoms with Crippen LogP contribution in [-0.4, -0.2) is 19.6 Å². The minimum absolute atomic E-state index is 0.00960. The third-order valence-electron chi connectivity index (χ3n) is 2.96. The fraction of sp³-hybridized carbons (Fsp3) is 0.462. The first-order valence-corrected chi connectivity index (χ1v) is 7.34. The summed E-state index contributed by atoms with van der Waals surface area (Å²) in [6, 6.07) is 0.439. The quantitative estimate of drug-likeness (QED) is 0.802. The second-order valence-electron chi connectivity index (χ2n) is 5.79. The lowest BCUT2D eigenvalue weighted by molar-refractivity contribution is 0.398. The van der Waals surface area contributed by atoms with Gasteiger partial charge >= 0.3 is 6.01 Å². The number of rotatable bonds is 3. The Hall–Kier alpha value is -1.89. The van der Waals surface area contributed by atoms with Gasteiger partial charge in [0.2, 0.25) is 5.89 Å². The molecule has 0 fully saturated rings. The Bertz CT molecular complexity index is 692. The van der Waals surface area contributed by atoms with Gasteiger partial charge in [0.1, 0.15) is 0 Å². The zero-order valence-electron chi connectivity index (χ0n) is 11.9. The monoisotopic (exact) mass is 291 g/mol. The standard InChI is InChI=1S/C13H17N5OS/c1-8(9-7-18-5-6-20-12(18)15-9)14-11-17-16-10(19-11)13(2,3)4/h5-8H,1-4H3,(H,14,17)/t8-/m0/s1. The van der Waals surface area contributed by atoms with Gasteiger partial charge in [-0.15, -0.1) is 16.4 Å². The molecule has 0 aliphatic carbocycles. The smallest absolute Gasteiger partial charge is 0.316 e. The maximum atomic E-state index is 5.63. The van der Waals surface area contributed by atoms with Crippen molar-refractivity contribution in [2.24, 2.45) is 0 Å². The summed E-state index contributed by atoms with van der Waals surface area (Å²) in [4.78, 5) is 5.53. The van der Waals surface area contributed by atoms with E-state index < -0.39 is 0 Å². The van der Waals surface area contributed by atoms with E-state index in [1.54, 1.807) is 11.3 Å². The number of anilines is 1. The van der Waals surface area contributed by atoms with E-state index in [0.717, 1.165) is 10.7 Å². The van der Waals surface area contributed by atoms with Crippen LogP contribution in [0.1, 0.15) is 45.3 Å². The normalized spacial score (nSPS) is 13.8. The number of fused-ring (bicyclic) bond motifs is 1. The van der Waals surface area contributed by atoms with E-state index in [4.69, 9.17) is 4.42 Å². The predicted molar refractivity (Wildman–Crippen MR) is 78.1 cm³/mol. The van der Waals surface area contributed by atoms with Crippen molar-refractivity contribution >= 4 is 22.3 Å². The van der Waals surface area contributed by atoms with Gasteiger partial charge in [0.25, 0.3) is 0 Å². The van der Waals surface area contributed by atoms with Crippen LogP contribution in [0.25, 0.3) is 4.96 Å². The highest BCUT2D eigenvalue weighted by atomic mass is 32.1. The highest BCUT2D eigenvalue weighted by Crippen LogP contribution is 2.24. The molecule has 3 rings (SSSR count). The Kier molecular flexibility index (Phi) is 3.01. The molecule has 0 aliphatic heterocycles. The molecule has 1 atom stereocenters. The number of hydrogen-bond donors (Lipinski definition) is 1. The van der Waals surface area contributed by atoms with Gasteiger partial charge in [0.05, 0.1) is 11.7 Å². The first-order chi connectivity index (χ1) is 9.43. The van der Waals surface area contributed by atoms with Gasteiger partial charge in [-0.25, -0.2) is 4.98 Å². The van der Waals surface area contributed by atoms with Gasteiger partial charge in [-0.05, 0) is 6.92 Å². The number of aromatic nitrogens is 4. The summed E-state index contributed by atoms with van der Waals surface area (Å²) in [6.07, 6.45) is 4.00. The van der Waals surface area contributed by atoms with E-state index in [1.807, 2.05) is 49.9 Å². The third-order valence-corrected chi connectivity index (χ3v) is 3.73. The molecule has 0 bridgehead atoms. The van der Waals surface area contributed by atoms with Gasteiger partial charge in [-0.2, -0.15) is 0 Å². The lowest BCUT2D eigenvalue weighted by Gasteiger charge is -2.12. The molecule has 0 aliphatic rings. The van der Waals surface area contributed by atoms with Crippen LogP contribution in [-0.2, 0) is 5.41 Å². The van der Waals surface area contributed by atoms with E-state index in [-0.39, 0.29) is 11.5 Å². The van der Waals surface area contributed by atoms with Crippen molar-refractivity contribution in [2.75, 3.05) is 5.32 Å². The summed E-state index contributed by atoms with van der Waals surface area (Å²) in [7, 11) is 0. The minimum Gasteiger partial charge on any atom is -0.408 e. The molecule has 0 saturated carbocycles. The van der Waals surface area contributed by atoms with E-state index >= 15 is 0 Å². The second-order valence-corrected chi connectivity index (χ2v) is 6.66. The first kappa shape index (κ1) is 13.1. The lowest BCUT2D eigenvalue weighted by Crippen LogP contribution is -2.11. The van der Waals surface area contributed by atoms with Crippen molar-refractivity contribution in [3.63, 3.8) is 0 Å². The Morgan fingerprint density at radius 2 is 2.15 bits per heavy atom. The molecular weight excluding hydrogens is 274 g/mol. The van der Waals surface area contributed by atoms with E-state index in [0.29, 0.717) is 11.9 Å². The number of nitrogens with zero attached hydrogens (tertiary/aromatic N) is 4. The Labute approximate surface area is 120 Å². The summed E-state index contributed by atoms with van der Waals surface area (Å²) in [6.45, 7) is 8.14. The van der Waals surface area contributed by atoms with Gasteiger partial charge in [-0.3, -0.25) is 4.40 Å². The highest BCUT2D eigenvalue weighted by Gasteiger charge is 2.22. The van der Waals surface area contributed by atoms with Gasteiger partial charge in [0, 0.05) is 23.2 Å². The summed E-state index contributed by atoms with van der Waals surface area (Å²) in [5.74, 6) is 0.623. The molecule has 3 aromatic heterocycles. The average molecular weight is 291 g/mol. The summed E-state index contributed by atoms with van der Waals surface area (Å²) in [5, 5.41) is 13.3. The fourth-order valence-corrected chi connectivity index (χ4v) is 2.51. The topological polar surface area (TPSA) is 68.2 Å². The van der Waals surface area contributed by atoms with Gasteiger partial charge in [0.15, 0.2) is 4.96 Å². The Morgan fingerprint density at radius 3 is 2.80 bits per heavy atom. The number of nitrogens with one attached hydrogen (secondary N) is 1. The van der Waals surface area contributed by atoms with Crippen molar-refractivity contribution in [3.05, 3.63) is 29.4 Å². The Balaban J connectivity index is 1.77. The molecular formula is C13H17N5OS. The third kappa shape index (κ3) is 2.40.